The number of anilines is 1. The van der Waals surface area contributed by atoms with Crippen molar-refractivity contribution in [2.75, 3.05) is 17.3 Å². The van der Waals surface area contributed by atoms with Gasteiger partial charge in [0.15, 0.2) is 0 Å². The number of carbonyl (C=O) groups is 1. The number of nitrogens with zero attached hydrogens (tertiary/aromatic N) is 1. The van der Waals surface area contributed by atoms with Gasteiger partial charge in [0, 0.05) is 12.7 Å². The fourth-order valence-electron chi connectivity index (χ4n) is 0.910. The Morgan fingerprint density at radius 1 is 1.46 bits per heavy atom. The van der Waals surface area contributed by atoms with E-state index in [2.05, 4.69) is 15.9 Å². The second-order valence-corrected chi connectivity index (χ2v) is 3.16. The van der Waals surface area contributed by atoms with Gasteiger partial charge in [-0.05, 0) is 24.3 Å². The number of phenolic OH excluding ortho intramolecular Hbond substituents is 1. The Balaban J connectivity index is 2.83. The molecule has 0 bridgehead atoms. The molecule has 0 aliphatic carbocycles. The molecule has 1 N–H and O–H groups in total. The van der Waals surface area contributed by atoms with Gasteiger partial charge in [-0.1, -0.05) is 15.9 Å². The van der Waals surface area contributed by atoms with Crippen molar-refractivity contribution in [3.63, 3.8) is 0 Å². The van der Waals surface area contributed by atoms with E-state index in [1.165, 1.54) is 4.90 Å². The van der Waals surface area contributed by atoms with Gasteiger partial charge in [0.2, 0.25) is 5.91 Å². The first-order chi connectivity index (χ1) is 6.15. The molecule has 0 radical (unpaired) electrons. The first-order valence-electron chi connectivity index (χ1n) is 3.76. The lowest BCUT2D eigenvalue weighted by Gasteiger charge is -2.15. The quantitative estimate of drug-likeness (QED) is 0.805. The highest BCUT2D eigenvalue weighted by molar-refractivity contribution is 9.09. The zero-order chi connectivity index (χ0) is 9.84. The van der Waals surface area contributed by atoms with Gasteiger partial charge in [-0.25, -0.2) is 0 Å². The van der Waals surface area contributed by atoms with Crippen LogP contribution in [-0.2, 0) is 4.79 Å². The van der Waals surface area contributed by atoms with E-state index in [1.807, 2.05) is 0 Å². The minimum absolute atomic E-state index is 0.0225. The Morgan fingerprint density at radius 2 is 2.00 bits per heavy atom. The molecular weight excluding hydrogens is 234 g/mol. The molecule has 13 heavy (non-hydrogen) atoms. The van der Waals surface area contributed by atoms with Gasteiger partial charge in [-0.3, -0.25) is 4.79 Å². The van der Waals surface area contributed by atoms with Crippen molar-refractivity contribution in [1.82, 2.24) is 0 Å². The first kappa shape index (κ1) is 10.1. The summed E-state index contributed by atoms with van der Waals surface area (Å²) in [6.07, 6.45) is 0. The van der Waals surface area contributed by atoms with Gasteiger partial charge in [0.05, 0.1) is 5.33 Å². The Morgan fingerprint density at radius 3 is 2.46 bits per heavy atom. The molecule has 0 aliphatic rings. The lowest BCUT2D eigenvalue weighted by atomic mass is 10.3. The molecule has 0 unspecified atom stereocenters. The highest BCUT2D eigenvalue weighted by Crippen LogP contribution is 2.17. The van der Waals surface area contributed by atoms with E-state index in [0.29, 0.717) is 5.33 Å². The number of hydrogen-bond donors (Lipinski definition) is 1. The predicted octanol–water partition coefficient (Wildman–Crippen LogP) is 1.75. The smallest absolute Gasteiger partial charge is 0.237 e. The Labute approximate surface area is 85.1 Å². The van der Waals surface area contributed by atoms with E-state index >= 15 is 0 Å². The Kier molecular flexibility index (Phi) is 3.31. The zero-order valence-corrected chi connectivity index (χ0v) is 8.78. The lowest BCUT2D eigenvalue weighted by molar-refractivity contribution is -0.115. The number of amides is 1. The number of hydrogen-bond acceptors (Lipinski definition) is 2. The van der Waals surface area contributed by atoms with E-state index in [0.717, 1.165) is 5.69 Å². The molecule has 0 heterocycles. The van der Waals surface area contributed by atoms with Crippen LogP contribution >= 0.6 is 15.9 Å². The van der Waals surface area contributed by atoms with Crippen LogP contribution in [0.4, 0.5) is 5.69 Å². The summed E-state index contributed by atoms with van der Waals surface area (Å²) in [4.78, 5) is 12.7. The average Bonchev–Trinajstić information content (AvgIpc) is 2.17. The van der Waals surface area contributed by atoms with Gasteiger partial charge >= 0.3 is 0 Å². The molecule has 3 nitrogen and oxygen atoms in total. The molecule has 0 saturated heterocycles. The molecule has 0 atom stereocenters. The minimum atomic E-state index is -0.0225. The molecule has 0 spiro atoms. The van der Waals surface area contributed by atoms with Crippen molar-refractivity contribution in [2.45, 2.75) is 0 Å². The van der Waals surface area contributed by atoms with Gasteiger partial charge < -0.3 is 10.0 Å². The third-order valence-corrected chi connectivity index (χ3v) is 2.21. The highest BCUT2D eigenvalue weighted by Gasteiger charge is 2.07. The van der Waals surface area contributed by atoms with Crippen molar-refractivity contribution in [3.05, 3.63) is 24.3 Å². The summed E-state index contributed by atoms with van der Waals surface area (Å²) in [5, 5.41) is 9.32. The third-order valence-electron chi connectivity index (χ3n) is 1.73. The van der Waals surface area contributed by atoms with Crippen LogP contribution in [0.1, 0.15) is 0 Å². The fraction of sp³-hybridized carbons (Fsp3) is 0.222. The summed E-state index contributed by atoms with van der Waals surface area (Å²) in [5.41, 5.74) is 0.766. The van der Waals surface area contributed by atoms with E-state index in [9.17, 15) is 4.79 Å². The molecule has 0 fully saturated rings. The van der Waals surface area contributed by atoms with Crippen molar-refractivity contribution < 1.29 is 9.90 Å². The van der Waals surface area contributed by atoms with Crippen LogP contribution in [-0.4, -0.2) is 23.4 Å². The molecule has 0 aliphatic heterocycles. The fourth-order valence-corrected chi connectivity index (χ4v) is 1.29. The second-order valence-electron chi connectivity index (χ2n) is 2.60. The van der Waals surface area contributed by atoms with Crippen LogP contribution in [0.5, 0.6) is 5.75 Å². The summed E-state index contributed by atoms with van der Waals surface area (Å²) in [5.74, 6) is 0.175. The maximum Gasteiger partial charge on any atom is 0.237 e. The molecular formula is C9H10BrNO2. The largest absolute Gasteiger partial charge is 0.508 e. The van der Waals surface area contributed by atoms with Gasteiger partial charge in [-0.2, -0.15) is 0 Å². The molecule has 1 rings (SSSR count). The van der Waals surface area contributed by atoms with Crippen molar-refractivity contribution in [1.29, 1.82) is 0 Å². The van der Waals surface area contributed by atoms with Crippen LogP contribution in [0, 0.1) is 0 Å². The SMILES string of the molecule is CN(C(=O)CBr)c1ccc(O)cc1. The predicted molar refractivity (Wildman–Crippen MR) is 55.3 cm³/mol. The third kappa shape index (κ3) is 2.45. The van der Waals surface area contributed by atoms with E-state index in [4.69, 9.17) is 5.11 Å². The first-order valence-corrected chi connectivity index (χ1v) is 4.89. The number of halogens is 1. The molecule has 1 aromatic carbocycles. The summed E-state index contributed by atoms with van der Waals surface area (Å²) in [6, 6.07) is 6.48. The number of phenols is 1. The van der Waals surface area contributed by atoms with Crippen molar-refractivity contribution in [3.8, 4) is 5.75 Å². The molecule has 70 valence electrons. The lowest BCUT2D eigenvalue weighted by Crippen LogP contribution is -2.26. The van der Waals surface area contributed by atoms with Crippen LogP contribution in [0.2, 0.25) is 0 Å². The van der Waals surface area contributed by atoms with Crippen LogP contribution in [0.3, 0.4) is 0 Å². The van der Waals surface area contributed by atoms with Crippen LogP contribution in [0.15, 0.2) is 24.3 Å². The summed E-state index contributed by atoms with van der Waals surface area (Å²) in [7, 11) is 1.69. The summed E-state index contributed by atoms with van der Waals surface area (Å²) >= 11 is 3.09. The van der Waals surface area contributed by atoms with Crippen molar-refractivity contribution >= 4 is 27.5 Å². The normalized spacial score (nSPS) is 9.69. The number of aromatic hydroxyl groups is 1. The topological polar surface area (TPSA) is 40.5 Å². The van der Waals surface area contributed by atoms with Crippen LogP contribution < -0.4 is 4.90 Å². The van der Waals surface area contributed by atoms with E-state index in [-0.39, 0.29) is 11.7 Å². The number of rotatable bonds is 2. The maximum atomic E-state index is 11.2. The van der Waals surface area contributed by atoms with Gasteiger partial charge in [0.25, 0.3) is 0 Å². The van der Waals surface area contributed by atoms with E-state index < -0.39 is 0 Å². The average molecular weight is 244 g/mol. The highest BCUT2D eigenvalue weighted by atomic mass is 79.9. The summed E-state index contributed by atoms with van der Waals surface area (Å²) < 4.78 is 0. The monoisotopic (exact) mass is 243 g/mol. The number of carbonyl (C=O) groups excluding carboxylic acids is 1. The van der Waals surface area contributed by atoms with Gasteiger partial charge in [-0.15, -0.1) is 0 Å². The van der Waals surface area contributed by atoms with Crippen LogP contribution in [0.25, 0.3) is 0 Å². The van der Waals surface area contributed by atoms with Crippen molar-refractivity contribution in [2.24, 2.45) is 0 Å². The molecule has 4 heteroatoms. The second kappa shape index (κ2) is 4.28. The number of benzene rings is 1. The Bertz CT molecular complexity index is 297. The Hall–Kier alpha value is -1.03. The van der Waals surface area contributed by atoms with Gasteiger partial charge in [0.1, 0.15) is 5.75 Å². The minimum Gasteiger partial charge on any atom is -0.508 e. The number of alkyl halides is 1. The zero-order valence-electron chi connectivity index (χ0n) is 7.20. The summed E-state index contributed by atoms with van der Waals surface area (Å²) in [6.45, 7) is 0. The van der Waals surface area contributed by atoms with E-state index in [1.54, 1.807) is 31.3 Å². The maximum absolute atomic E-state index is 11.2. The molecule has 0 aromatic heterocycles. The molecule has 1 aromatic rings. The molecule has 0 saturated carbocycles. The standard InChI is InChI=1S/C9H10BrNO2/c1-11(9(13)6-10)7-2-4-8(12)5-3-7/h2-5,12H,6H2,1H3. The molecule has 1 amide bonds.